The molecule has 1 heterocycles. The molecule has 0 aliphatic heterocycles. The summed E-state index contributed by atoms with van der Waals surface area (Å²) in [6.45, 7) is 0. The summed E-state index contributed by atoms with van der Waals surface area (Å²) in [5, 5.41) is 0. The summed E-state index contributed by atoms with van der Waals surface area (Å²) in [7, 11) is 1.59. The highest BCUT2D eigenvalue weighted by Gasteiger charge is 1.91. The Balaban J connectivity index is 2.60. The summed E-state index contributed by atoms with van der Waals surface area (Å²) in [6.07, 6.45) is 3.44. The maximum absolute atomic E-state index is 5.53. The molecular weight excluding hydrogens is 198 g/mol. The summed E-state index contributed by atoms with van der Waals surface area (Å²) in [6, 6.07) is 3.67. The number of hydrogen-bond acceptors (Lipinski definition) is 2. The van der Waals surface area contributed by atoms with E-state index in [1.165, 1.54) is 0 Å². The lowest BCUT2D eigenvalue weighted by Gasteiger charge is -1.96. The Morgan fingerprint density at radius 2 is 2.43 bits per heavy atom. The second kappa shape index (κ2) is 6.28. The van der Waals surface area contributed by atoms with Crippen molar-refractivity contribution in [1.29, 1.82) is 0 Å². The fourth-order valence-electron chi connectivity index (χ4n) is 0.919. The van der Waals surface area contributed by atoms with Crippen LogP contribution in [0.25, 0.3) is 0 Å². The maximum Gasteiger partial charge on any atom is 0.214 e. The monoisotopic (exact) mass is 209 g/mol. The van der Waals surface area contributed by atoms with Crippen LogP contribution in [0.2, 0.25) is 0 Å². The van der Waals surface area contributed by atoms with Gasteiger partial charge in [-0.3, -0.25) is 0 Å². The zero-order valence-electron chi connectivity index (χ0n) is 8.09. The minimum Gasteiger partial charge on any atom is -0.481 e. The number of halogens is 1. The number of unbranched alkanes of at least 4 members (excludes halogenated alkanes) is 1. The molecule has 0 aromatic carbocycles. The Labute approximate surface area is 89.3 Å². The smallest absolute Gasteiger partial charge is 0.214 e. The van der Waals surface area contributed by atoms with Gasteiger partial charge in [-0.05, 0) is 12.5 Å². The van der Waals surface area contributed by atoms with Crippen molar-refractivity contribution < 1.29 is 4.74 Å². The molecule has 0 unspecified atom stereocenters. The zero-order chi connectivity index (χ0) is 10.2. The molecule has 3 heteroatoms. The fraction of sp³-hybridized carbons (Fsp3) is 0.364. The van der Waals surface area contributed by atoms with Gasteiger partial charge >= 0.3 is 0 Å². The van der Waals surface area contributed by atoms with Crippen molar-refractivity contribution in [3.8, 4) is 17.7 Å². The van der Waals surface area contributed by atoms with E-state index < -0.39 is 0 Å². The minimum atomic E-state index is 0.592. The normalized spacial score (nSPS) is 9.00. The van der Waals surface area contributed by atoms with Crippen LogP contribution in [-0.4, -0.2) is 18.0 Å². The van der Waals surface area contributed by atoms with E-state index in [1.807, 2.05) is 12.1 Å². The highest BCUT2D eigenvalue weighted by Crippen LogP contribution is 2.06. The largest absolute Gasteiger partial charge is 0.481 e. The van der Waals surface area contributed by atoms with Gasteiger partial charge in [0.15, 0.2) is 0 Å². The predicted octanol–water partition coefficient (Wildman–Crippen LogP) is 2.46. The third-order valence-electron chi connectivity index (χ3n) is 1.61. The Kier molecular flexibility index (Phi) is 4.88. The molecule has 0 amide bonds. The number of aromatic nitrogens is 1. The second-order valence-electron chi connectivity index (χ2n) is 2.68. The van der Waals surface area contributed by atoms with Crippen LogP contribution in [0, 0.1) is 11.8 Å². The van der Waals surface area contributed by atoms with E-state index in [2.05, 4.69) is 16.8 Å². The van der Waals surface area contributed by atoms with Gasteiger partial charge in [-0.15, -0.1) is 11.6 Å². The summed E-state index contributed by atoms with van der Waals surface area (Å²) in [5.74, 6) is 7.31. The molecule has 1 rings (SSSR count). The van der Waals surface area contributed by atoms with E-state index in [0.29, 0.717) is 11.8 Å². The number of nitrogens with zero attached hydrogens (tertiary/aromatic N) is 1. The number of hydrogen-bond donors (Lipinski definition) is 0. The van der Waals surface area contributed by atoms with Gasteiger partial charge in [0.25, 0.3) is 0 Å². The summed E-state index contributed by atoms with van der Waals surface area (Å²) in [5.41, 5.74) is 0.923. The Hall–Kier alpha value is -1.20. The molecule has 0 fully saturated rings. The van der Waals surface area contributed by atoms with Crippen LogP contribution in [0.3, 0.4) is 0 Å². The Morgan fingerprint density at radius 3 is 3.14 bits per heavy atom. The molecule has 1 aromatic heterocycles. The molecule has 74 valence electrons. The first-order valence-corrected chi connectivity index (χ1v) is 4.95. The standard InChI is InChI=1S/C11H12ClNO/c1-14-11-9-10(6-8-13-11)5-3-2-4-7-12/h6,8-9H,2,4,7H2,1H3. The van der Waals surface area contributed by atoms with Crippen molar-refractivity contribution in [2.24, 2.45) is 0 Å². The van der Waals surface area contributed by atoms with E-state index in [9.17, 15) is 0 Å². The number of alkyl halides is 1. The van der Waals surface area contributed by atoms with Crippen molar-refractivity contribution in [2.45, 2.75) is 12.8 Å². The maximum atomic E-state index is 5.53. The molecule has 0 aliphatic rings. The molecular formula is C11H12ClNO. The molecule has 0 bridgehead atoms. The summed E-state index contributed by atoms with van der Waals surface area (Å²) < 4.78 is 4.98. The molecule has 0 aliphatic carbocycles. The van der Waals surface area contributed by atoms with Crippen LogP contribution in [0.1, 0.15) is 18.4 Å². The first-order valence-electron chi connectivity index (χ1n) is 4.41. The zero-order valence-corrected chi connectivity index (χ0v) is 8.84. The molecule has 1 aromatic rings. The van der Waals surface area contributed by atoms with Gasteiger partial charge in [0.1, 0.15) is 0 Å². The molecule has 2 nitrogen and oxygen atoms in total. The quantitative estimate of drug-likeness (QED) is 0.434. The van der Waals surface area contributed by atoms with Crippen molar-refractivity contribution in [1.82, 2.24) is 4.98 Å². The highest BCUT2D eigenvalue weighted by atomic mass is 35.5. The lowest BCUT2D eigenvalue weighted by molar-refractivity contribution is 0.398. The van der Waals surface area contributed by atoms with Gasteiger partial charge in [-0.25, -0.2) is 4.98 Å². The Morgan fingerprint density at radius 1 is 1.57 bits per heavy atom. The van der Waals surface area contributed by atoms with E-state index in [4.69, 9.17) is 16.3 Å². The van der Waals surface area contributed by atoms with E-state index >= 15 is 0 Å². The Bertz CT molecular complexity index is 341. The van der Waals surface area contributed by atoms with Gasteiger partial charge < -0.3 is 4.74 Å². The van der Waals surface area contributed by atoms with Gasteiger partial charge in [-0.2, -0.15) is 0 Å². The van der Waals surface area contributed by atoms with Crippen LogP contribution in [-0.2, 0) is 0 Å². The number of ether oxygens (including phenoxy) is 1. The predicted molar refractivity (Wildman–Crippen MR) is 57.6 cm³/mol. The van der Waals surface area contributed by atoms with Crippen molar-refractivity contribution in [3.05, 3.63) is 23.9 Å². The number of pyridine rings is 1. The fourth-order valence-corrected chi connectivity index (χ4v) is 1.05. The average Bonchev–Trinajstić information content (AvgIpc) is 2.25. The first-order chi connectivity index (χ1) is 6.86. The van der Waals surface area contributed by atoms with Crippen molar-refractivity contribution >= 4 is 11.6 Å². The van der Waals surface area contributed by atoms with E-state index in [1.54, 1.807) is 13.3 Å². The molecule has 0 saturated carbocycles. The third kappa shape index (κ3) is 3.68. The molecule has 0 radical (unpaired) electrons. The second-order valence-corrected chi connectivity index (χ2v) is 3.06. The lowest BCUT2D eigenvalue weighted by atomic mass is 10.2. The average molecular weight is 210 g/mol. The molecule has 14 heavy (non-hydrogen) atoms. The molecule has 0 saturated heterocycles. The van der Waals surface area contributed by atoms with Crippen LogP contribution in [0.5, 0.6) is 5.88 Å². The SMILES string of the molecule is COc1cc(C#CCCCCl)ccn1. The van der Waals surface area contributed by atoms with Gasteiger partial charge in [0, 0.05) is 30.1 Å². The molecule has 0 N–H and O–H groups in total. The van der Waals surface area contributed by atoms with Gasteiger partial charge in [0.05, 0.1) is 7.11 Å². The van der Waals surface area contributed by atoms with Gasteiger partial charge in [0.2, 0.25) is 5.88 Å². The topological polar surface area (TPSA) is 22.1 Å². The van der Waals surface area contributed by atoms with E-state index in [-0.39, 0.29) is 0 Å². The molecule has 0 atom stereocenters. The van der Waals surface area contributed by atoms with Crippen LogP contribution in [0.15, 0.2) is 18.3 Å². The summed E-state index contributed by atoms with van der Waals surface area (Å²) in [4.78, 5) is 3.99. The van der Waals surface area contributed by atoms with E-state index in [0.717, 1.165) is 18.4 Å². The summed E-state index contributed by atoms with van der Waals surface area (Å²) >= 11 is 5.53. The highest BCUT2D eigenvalue weighted by molar-refractivity contribution is 6.17. The van der Waals surface area contributed by atoms with Crippen molar-refractivity contribution in [2.75, 3.05) is 13.0 Å². The van der Waals surface area contributed by atoms with Crippen LogP contribution >= 0.6 is 11.6 Å². The number of methoxy groups -OCH3 is 1. The lowest BCUT2D eigenvalue weighted by Crippen LogP contribution is -1.87. The van der Waals surface area contributed by atoms with Crippen molar-refractivity contribution in [3.63, 3.8) is 0 Å². The van der Waals surface area contributed by atoms with Crippen LogP contribution < -0.4 is 4.74 Å². The van der Waals surface area contributed by atoms with Crippen LogP contribution in [0.4, 0.5) is 0 Å². The number of rotatable bonds is 3. The minimum absolute atomic E-state index is 0.592. The third-order valence-corrected chi connectivity index (χ3v) is 1.88. The first kappa shape index (κ1) is 10.9. The molecule has 0 spiro atoms. The van der Waals surface area contributed by atoms with Gasteiger partial charge in [-0.1, -0.05) is 11.8 Å².